The molecule has 0 aromatic rings. The largest absolute Gasteiger partial charge is 0.355 e. The van der Waals surface area contributed by atoms with Crippen LogP contribution in [0.3, 0.4) is 0 Å². The van der Waals surface area contributed by atoms with Gasteiger partial charge in [0, 0.05) is 6.54 Å². The topological polar surface area (TPSA) is 41.1 Å². The Morgan fingerprint density at radius 1 is 0.947 bits per heavy atom. The first-order valence-electron chi connectivity index (χ1n) is 7.75. The first-order chi connectivity index (χ1) is 8.78. The fourth-order valence-corrected chi connectivity index (χ4v) is 2.88. The molecule has 0 spiro atoms. The van der Waals surface area contributed by atoms with E-state index in [1.54, 1.807) is 0 Å². The van der Waals surface area contributed by atoms with Crippen LogP contribution in [-0.2, 0) is 4.79 Å². The molecule has 0 aromatic heterocycles. The van der Waals surface area contributed by atoms with E-state index in [1.165, 1.54) is 44.9 Å². The smallest absolute Gasteiger partial charge is 0.233 e. The summed E-state index contributed by atoms with van der Waals surface area (Å²) in [4.78, 5) is 11.6. The predicted molar refractivity (Wildman–Crippen MR) is 81.6 cm³/mol. The van der Waals surface area contributed by atoms with Crippen LogP contribution in [0.5, 0.6) is 0 Å². The lowest BCUT2D eigenvalue weighted by atomic mass is 9.81. The summed E-state index contributed by atoms with van der Waals surface area (Å²) in [5, 5.41) is 6.32. The zero-order chi connectivity index (χ0) is 12.8. The highest BCUT2D eigenvalue weighted by atomic mass is 35.5. The van der Waals surface area contributed by atoms with Crippen molar-refractivity contribution in [3.8, 4) is 0 Å². The number of hydrogen-bond donors (Lipinski definition) is 2. The molecule has 0 atom stereocenters. The molecule has 112 valence electrons. The highest BCUT2D eigenvalue weighted by Crippen LogP contribution is 2.30. The second-order valence-electron chi connectivity index (χ2n) is 6.17. The van der Waals surface area contributed by atoms with E-state index in [0.717, 1.165) is 30.8 Å². The minimum atomic E-state index is 0. The quantitative estimate of drug-likeness (QED) is 0.756. The molecule has 0 aromatic carbocycles. The van der Waals surface area contributed by atoms with Gasteiger partial charge in [-0.3, -0.25) is 4.79 Å². The monoisotopic (exact) mass is 288 g/mol. The van der Waals surface area contributed by atoms with Crippen molar-refractivity contribution >= 4 is 18.3 Å². The van der Waals surface area contributed by atoms with Gasteiger partial charge in [0.25, 0.3) is 0 Å². The highest BCUT2D eigenvalue weighted by molar-refractivity contribution is 5.85. The first-order valence-corrected chi connectivity index (χ1v) is 7.75. The van der Waals surface area contributed by atoms with Crippen LogP contribution in [0.2, 0.25) is 0 Å². The van der Waals surface area contributed by atoms with Gasteiger partial charge in [0.1, 0.15) is 0 Å². The van der Waals surface area contributed by atoms with Crippen molar-refractivity contribution in [2.45, 2.75) is 51.9 Å². The lowest BCUT2D eigenvalue weighted by Crippen LogP contribution is -2.37. The van der Waals surface area contributed by atoms with Gasteiger partial charge in [0.05, 0.1) is 6.54 Å². The Hall–Kier alpha value is -0.280. The van der Waals surface area contributed by atoms with Crippen LogP contribution in [0.25, 0.3) is 0 Å². The van der Waals surface area contributed by atoms with Crippen LogP contribution in [0.15, 0.2) is 0 Å². The van der Waals surface area contributed by atoms with Gasteiger partial charge in [-0.05, 0) is 50.0 Å². The summed E-state index contributed by atoms with van der Waals surface area (Å²) in [6, 6.07) is 0. The number of carbonyl (C=O) groups excluding carboxylic acids is 1. The van der Waals surface area contributed by atoms with Gasteiger partial charge in [0.15, 0.2) is 0 Å². The molecule has 0 aliphatic heterocycles. The third kappa shape index (κ3) is 6.62. The molecule has 0 saturated heterocycles. The van der Waals surface area contributed by atoms with Crippen LogP contribution in [-0.4, -0.2) is 25.5 Å². The Kier molecular flexibility index (Phi) is 7.77. The van der Waals surface area contributed by atoms with Crippen LogP contribution < -0.4 is 10.6 Å². The number of halogens is 1. The van der Waals surface area contributed by atoms with Gasteiger partial charge < -0.3 is 10.6 Å². The molecule has 4 heteroatoms. The third-order valence-corrected chi connectivity index (χ3v) is 4.55. The predicted octanol–water partition coefficient (Wildman–Crippen LogP) is 2.74. The molecule has 0 bridgehead atoms. The lowest BCUT2D eigenvalue weighted by Gasteiger charge is -2.27. The summed E-state index contributed by atoms with van der Waals surface area (Å²) < 4.78 is 0. The summed E-state index contributed by atoms with van der Waals surface area (Å²) >= 11 is 0. The average molecular weight is 289 g/mol. The standard InChI is InChI=1S/C15H28N2O.ClH/c1-2-12-3-5-14(6-4-12)10-17-15(18)11-16-9-13-7-8-13;/h12-14,16H,2-11H2,1H3,(H,17,18);1H. The third-order valence-electron chi connectivity index (χ3n) is 4.55. The Labute approximate surface area is 123 Å². The molecular weight excluding hydrogens is 260 g/mol. The zero-order valence-corrected chi connectivity index (χ0v) is 12.9. The van der Waals surface area contributed by atoms with Crippen molar-refractivity contribution in [2.24, 2.45) is 17.8 Å². The summed E-state index contributed by atoms with van der Waals surface area (Å²) in [6.45, 7) is 4.70. The molecule has 2 saturated carbocycles. The number of amides is 1. The fraction of sp³-hybridized carbons (Fsp3) is 0.933. The zero-order valence-electron chi connectivity index (χ0n) is 12.1. The molecular formula is C15H29ClN2O. The van der Waals surface area contributed by atoms with Crippen LogP contribution in [0.1, 0.15) is 51.9 Å². The summed E-state index contributed by atoms with van der Waals surface area (Å²) in [7, 11) is 0. The van der Waals surface area contributed by atoms with Gasteiger partial charge in [0.2, 0.25) is 5.91 Å². The highest BCUT2D eigenvalue weighted by Gasteiger charge is 2.21. The number of rotatable bonds is 7. The molecule has 2 aliphatic carbocycles. The van der Waals surface area contributed by atoms with Gasteiger partial charge in [-0.15, -0.1) is 12.4 Å². The van der Waals surface area contributed by atoms with E-state index in [1.807, 2.05) is 0 Å². The fourth-order valence-electron chi connectivity index (χ4n) is 2.88. The Morgan fingerprint density at radius 3 is 2.05 bits per heavy atom. The van der Waals surface area contributed by atoms with Gasteiger partial charge in [-0.1, -0.05) is 26.2 Å². The summed E-state index contributed by atoms with van der Waals surface area (Å²) in [6.07, 6.45) is 9.32. The van der Waals surface area contributed by atoms with E-state index < -0.39 is 0 Å². The van der Waals surface area contributed by atoms with Gasteiger partial charge >= 0.3 is 0 Å². The Balaban J connectivity index is 0.00000180. The SMILES string of the molecule is CCC1CCC(CNC(=O)CNCC2CC2)CC1.Cl. The van der Waals surface area contributed by atoms with Crippen LogP contribution in [0, 0.1) is 17.8 Å². The number of carbonyl (C=O) groups is 1. The molecule has 2 aliphatic rings. The van der Waals surface area contributed by atoms with Gasteiger partial charge in [-0.2, -0.15) is 0 Å². The van der Waals surface area contributed by atoms with Crippen molar-refractivity contribution in [3.63, 3.8) is 0 Å². The van der Waals surface area contributed by atoms with Crippen molar-refractivity contribution in [3.05, 3.63) is 0 Å². The summed E-state index contributed by atoms with van der Waals surface area (Å²) in [5.74, 6) is 2.69. The van der Waals surface area contributed by atoms with E-state index in [4.69, 9.17) is 0 Å². The Morgan fingerprint density at radius 2 is 1.47 bits per heavy atom. The number of nitrogens with one attached hydrogen (secondary N) is 2. The molecule has 19 heavy (non-hydrogen) atoms. The van der Waals surface area contributed by atoms with Crippen LogP contribution in [0.4, 0.5) is 0 Å². The minimum Gasteiger partial charge on any atom is -0.355 e. The second kappa shape index (κ2) is 8.80. The van der Waals surface area contributed by atoms with Crippen molar-refractivity contribution in [1.82, 2.24) is 10.6 Å². The normalized spacial score (nSPS) is 26.6. The molecule has 2 N–H and O–H groups in total. The molecule has 0 unspecified atom stereocenters. The lowest BCUT2D eigenvalue weighted by molar-refractivity contribution is -0.120. The maximum Gasteiger partial charge on any atom is 0.233 e. The molecule has 0 radical (unpaired) electrons. The maximum atomic E-state index is 11.6. The van der Waals surface area contributed by atoms with E-state index in [0.29, 0.717) is 6.54 Å². The van der Waals surface area contributed by atoms with Crippen molar-refractivity contribution in [2.75, 3.05) is 19.6 Å². The minimum absolute atomic E-state index is 0. The molecule has 0 heterocycles. The van der Waals surface area contributed by atoms with E-state index in [2.05, 4.69) is 17.6 Å². The number of hydrogen-bond acceptors (Lipinski definition) is 2. The summed E-state index contributed by atoms with van der Waals surface area (Å²) in [5.41, 5.74) is 0. The maximum absolute atomic E-state index is 11.6. The van der Waals surface area contributed by atoms with E-state index >= 15 is 0 Å². The average Bonchev–Trinajstić information content (AvgIpc) is 3.21. The molecule has 3 nitrogen and oxygen atoms in total. The Bertz CT molecular complexity index is 261. The molecule has 2 rings (SSSR count). The first kappa shape index (κ1) is 16.8. The second-order valence-corrected chi connectivity index (χ2v) is 6.17. The molecule has 1 amide bonds. The van der Waals surface area contributed by atoms with Crippen molar-refractivity contribution < 1.29 is 4.79 Å². The van der Waals surface area contributed by atoms with E-state index in [9.17, 15) is 4.79 Å². The van der Waals surface area contributed by atoms with Gasteiger partial charge in [-0.25, -0.2) is 0 Å². The van der Waals surface area contributed by atoms with Crippen molar-refractivity contribution in [1.29, 1.82) is 0 Å². The van der Waals surface area contributed by atoms with E-state index in [-0.39, 0.29) is 18.3 Å². The van der Waals surface area contributed by atoms with Crippen LogP contribution >= 0.6 is 12.4 Å². The molecule has 2 fully saturated rings.